The molecule has 1 amide bonds. The molecule has 1 N–H and O–H groups in total. The van der Waals surface area contributed by atoms with Crippen LogP contribution in [0.3, 0.4) is 0 Å². The molecule has 0 heterocycles. The Labute approximate surface area is 167 Å². The molecule has 146 valence electrons. The van der Waals surface area contributed by atoms with Gasteiger partial charge < -0.3 is 10.1 Å². The van der Waals surface area contributed by atoms with Gasteiger partial charge in [0.15, 0.2) is 0 Å². The van der Waals surface area contributed by atoms with E-state index in [1.54, 1.807) is 7.11 Å². The lowest BCUT2D eigenvalue weighted by Crippen LogP contribution is -2.57. The van der Waals surface area contributed by atoms with Crippen LogP contribution >= 0.6 is 0 Å². The van der Waals surface area contributed by atoms with Crippen LogP contribution in [0, 0.1) is 24.2 Å². The summed E-state index contributed by atoms with van der Waals surface area (Å²) in [6.07, 6.45) is 6.93. The number of ether oxygens (including phenoxy) is 1. The van der Waals surface area contributed by atoms with Crippen LogP contribution in [0.25, 0.3) is 0 Å². The first-order chi connectivity index (χ1) is 13.5. The van der Waals surface area contributed by atoms with Crippen LogP contribution < -0.4 is 10.1 Å². The van der Waals surface area contributed by atoms with Crippen LogP contribution in [0.15, 0.2) is 48.5 Å². The average molecular weight is 376 g/mol. The lowest BCUT2D eigenvalue weighted by atomic mass is 9.42. The van der Waals surface area contributed by atoms with E-state index in [0.29, 0.717) is 11.8 Å². The Morgan fingerprint density at radius 2 is 1.61 bits per heavy atom. The van der Waals surface area contributed by atoms with E-state index < -0.39 is 0 Å². The molecule has 0 radical (unpaired) electrons. The second-order valence-corrected chi connectivity index (χ2v) is 9.57. The van der Waals surface area contributed by atoms with E-state index in [0.717, 1.165) is 30.7 Å². The number of rotatable bonds is 4. The van der Waals surface area contributed by atoms with E-state index in [1.165, 1.54) is 30.4 Å². The Balaban J connectivity index is 1.44. The van der Waals surface area contributed by atoms with E-state index >= 15 is 0 Å². The summed E-state index contributed by atoms with van der Waals surface area (Å²) < 4.78 is 5.23. The third kappa shape index (κ3) is 2.83. The summed E-state index contributed by atoms with van der Waals surface area (Å²) in [5.74, 6) is 2.41. The SMILES string of the molecule is COc1ccc(NC(=O)C23C[C@H]4C[C@@H](C2)CC(c2ccc(C)cc2)(C4)C3)cc1. The molecule has 4 bridgehead atoms. The lowest BCUT2D eigenvalue weighted by Gasteiger charge is -2.61. The third-order valence-electron chi connectivity index (χ3n) is 7.55. The van der Waals surface area contributed by atoms with Gasteiger partial charge in [0, 0.05) is 5.69 Å². The number of hydrogen-bond donors (Lipinski definition) is 1. The maximum absolute atomic E-state index is 13.5. The molecule has 2 unspecified atom stereocenters. The predicted octanol–water partition coefficient (Wildman–Crippen LogP) is 5.48. The van der Waals surface area contributed by atoms with Crippen molar-refractivity contribution in [1.82, 2.24) is 0 Å². The summed E-state index contributed by atoms with van der Waals surface area (Å²) in [4.78, 5) is 13.5. The minimum atomic E-state index is -0.213. The topological polar surface area (TPSA) is 38.3 Å². The molecule has 0 aromatic heterocycles. The van der Waals surface area contributed by atoms with Crippen LogP contribution in [0.2, 0.25) is 0 Å². The molecule has 0 saturated heterocycles. The maximum atomic E-state index is 13.5. The van der Waals surface area contributed by atoms with Gasteiger partial charge in [-0.15, -0.1) is 0 Å². The molecule has 4 aliphatic rings. The predicted molar refractivity (Wildman–Crippen MR) is 112 cm³/mol. The highest BCUT2D eigenvalue weighted by atomic mass is 16.5. The number of methoxy groups -OCH3 is 1. The van der Waals surface area contributed by atoms with Gasteiger partial charge in [-0.05, 0) is 92.5 Å². The Morgan fingerprint density at radius 3 is 2.21 bits per heavy atom. The van der Waals surface area contributed by atoms with E-state index in [4.69, 9.17) is 4.74 Å². The molecule has 6 rings (SSSR count). The van der Waals surface area contributed by atoms with Crippen LogP contribution in [-0.2, 0) is 10.2 Å². The lowest BCUT2D eigenvalue weighted by molar-refractivity contribution is -0.143. The molecule has 4 aliphatic carbocycles. The maximum Gasteiger partial charge on any atom is 0.230 e. The Bertz CT molecular complexity index is 870. The van der Waals surface area contributed by atoms with Crippen molar-refractivity contribution in [2.45, 2.75) is 50.9 Å². The number of nitrogens with one attached hydrogen (secondary N) is 1. The molecule has 3 nitrogen and oxygen atoms in total. The van der Waals surface area contributed by atoms with Gasteiger partial charge >= 0.3 is 0 Å². The highest BCUT2D eigenvalue weighted by Crippen LogP contribution is 2.66. The fraction of sp³-hybridized carbons (Fsp3) is 0.480. The number of hydrogen-bond acceptors (Lipinski definition) is 2. The normalized spacial score (nSPS) is 32.9. The first-order valence-corrected chi connectivity index (χ1v) is 10.5. The molecule has 3 heteroatoms. The first kappa shape index (κ1) is 17.8. The molecule has 2 aromatic rings. The fourth-order valence-corrected chi connectivity index (χ4v) is 6.71. The average Bonchev–Trinajstić information content (AvgIpc) is 2.68. The number of amides is 1. The largest absolute Gasteiger partial charge is 0.497 e. The van der Waals surface area contributed by atoms with Crippen molar-refractivity contribution in [2.75, 3.05) is 12.4 Å². The minimum absolute atomic E-state index is 0.190. The van der Waals surface area contributed by atoms with Gasteiger partial charge in [-0.25, -0.2) is 0 Å². The van der Waals surface area contributed by atoms with Gasteiger partial charge in [-0.3, -0.25) is 4.79 Å². The number of benzene rings is 2. The Hall–Kier alpha value is -2.29. The first-order valence-electron chi connectivity index (χ1n) is 10.5. The van der Waals surface area contributed by atoms with Gasteiger partial charge in [0.25, 0.3) is 0 Å². The molecule has 4 saturated carbocycles. The molecule has 4 fully saturated rings. The summed E-state index contributed by atoms with van der Waals surface area (Å²) in [5.41, 5.74) is 3.60. The fourth-order valence-electron chi connectivity index (χ4n) is 6.71. The highest BCUT2D eigenvalue weighted by molar-refractivity contribution is 5.96. The van der Waals surface area contributed by atoms with Crippen LogP contribution in [0.5, 0.6) is 5.75 Å². The van der Waals surface area contributed by atoms with Gasteiger partial charge in [0.2, 0.25) is 5.91 Å². The van der Waals surface area contributed by atoms with Crippen molar-refractivity contribution < 1.29 is 9.53 Å². The van der Waals surface area contributed by atoms with Crippen LogP contribution in [0.4, 0.5) is 5.69 Å². The Kier molecular flexibility index (Phi) is 4.04. The third-order valence-corrected chi connectivity index (χ3v) is 7.55. The highest BCUT2D eigenvalue weighted by Gasteiger charge is 2.60. The molecule has 2 aromatic carbocycles. The van der Waals surface area contributed by atoms with Crippen molar-refractivity contribution in [3.63, 3.8) is 0 Å². The van der Waals surface area contributed by atoms with Gasteiger partial charge in [0.05, 0.1) is 12.5 Å². The monoisotopic (exact) mass is 375 g/mol. The number of anilines is 1. The van der Waals surface area contributed by atoms with E-state index in [2.05, 4.69) is 36.5 Å². The minimum Gasteiger partial charge on any atom is -0.497 e. The van der Waals surface area contributed by atoms with Crippen LogP contribution in [-0.4, -0.2) is 13.0 Å². The second-order valence-electron chi connectivity index (χ2n) is 9.57. The zero-order valence-corrected chi connectivity index (χ0v) is 16.8. The quantitative estimate of drug-likeness (QED) is 0.768. The van der Waals surface area contributed by atoms with Crippen molar-refractivity contribution in [3.8, 4) is 5.75 Å². The van der Waals surface area contributed by atoms with Crippen molar-refractivity contribution in [3.05, 3.63) is 59.7 Å². The Morgan fingerprint density at radius 1 is 0.964 bits per heavy atom. The number of carbonyl (C=O) groups is 1. The molecular formula is C25H29NO2. The summed E-state index contributed by atoms with van der Waals surface area (Å²) in [6.45, 7) is 2.15. The summed E-state index contributed by atoms with van der Waals surface area (Å²) in [7, 11) is 1.66. The number of aryl methyl sites for hydroxylation is 1. The zero-order chi connectivity index (χ0) is 19.4. The smallest absolute Gasteiger partial charge is 0.230 e. The van der Waals surface area contributed by atoms with E-state index in [-0.39, 0.29) is 16.7 Å². The van der Waals surface area contributed by atoms with E-state index in [9.17, 15) is 4.79 Å². The summed E-state index contributed by atoms with van der Waals surface area (Å²) in [5, 5.41) is 3.23. The zero-order valence-electron chi connectivity index (χ0n) is 16.8. The molecule has 0 spiro atoms. The molecular weight excluding hydrogens is 346 g/mol. The second kappa shape index (κ2) is 6.37. The van der Waals surface area contributed by atoms with Gasteiger partial charge in [-0.2, -0.15) is 0 Å². The van der Waals surface area contributed by atoms with Crippen LogP contribution in [0.1, 0.15) is 49.7 Å². The van der Waals surface area contributed by atoms with Crippen molar-refractivity contribution >= 4 is 11.6 Å². The number of carbonyl (C=O) groups excluding carboxylic acids is 1. The van der Waals surface area contributed by atoms with Gasteiger partial charge in [-0.1, -0.05) is 29.8 Å². The molecule has 28 heavy (non-hydrogen) atoms. The summed E-state index contributed by atoms with van der Waals surface area (Å²) >= 11 is 0. The molecule has 0 aliphatic heterocycles. The van der Waals surface area contributed by atoms with Gasteiger partial charge in [0.1, 0.15) is 5.75 Å². The standard InChI is InChI=1S/C25H29NO2/c1-17-3-5-20(6-4-17)24-12-18-11-19(13-24)15-25(14-18,16-24)23(27)26-21-7-9-22(28-2)10-8-21/h3-10,18-19H,11-16H2,1-2H3,(H,26,27)/t18-,19+,24?,25?. The van der Waals surface area contributed by atoms with Crippen molar-refractivity contribution in [2.24, 2.45) is 17.3 Å². The van der Waals surface area contributed by atoms with Crippen molar-refractivity contribution in [1.29, 1.82) is 0 Å². The summed E-state index contributed by atoms with van der Waals surface area (Å²) in [6, 6.07) is 16.8. The molecule has 4 atom stereocenters. The van der Waals surface area contributed by atoms with E-state index in [1.807, 2.05) is 24.3 Å².